The minimum atomic E-state index is -0.486. The highest BCUT2D eigenvalue weighted by molar-refractivity contribution is 7.15. The van der Waals surface area contributed by atoms with Gasteiger partial charge in [-0.2, -0.15) is 0 Å². The largest absolute Gasteiger partial charge is 0.332 e. The molecular weight excluding hydrogens is 491 g/mol. The van der Waals surface area contributed by atoms with Gasteiger partial charge in [0.15, 0.2) is 11.2 Å². The molecule has 1 unspecified atom stereocenters. The van der Waals surface area contributed by atoms with Crippen molar-refractivity contribution >= 4 is 45.1 Å². The molecule has 36 heavy (non-hydrogen) atoms. The maximum absolute atomic E-state index is 13.2. The van der Waals surface area contributed by atoms with Gasteiger partial charge in [0.05, 0.1) is 6.33 Å². The lowest BCUT2D eigenvalue weighted by Crippen LogP contribution is -2.37. The lowest BCUT2D eigenvalue weighted by atomic mass is 10.1. The zero-order chi connectivity index (χ0) is 25.6. The average Bonchev–Trinajstić information content (AvgIpc) is 3.59. The van der Waals surface area contributed by atoms with Crippen molar-refractivity contribution in [3.8, 4) is 0 Å². The Morgan fingerprint density at radius 2 is 1.89 bits per heavy atom. The summed E-state index contributed by atoms with van der Waals surface area (Å²) in [4.78, 5) is 55.3. The maximum Gasteiger partial charge on any atom is 0.332 e. The maximum atomic E-state index is 13.2. The van der Waals surface area contributed by atoms with Gasteiger partial charge in [-0.1, -0.05) is 11.3 Å². The van der Waals surface area contributed by atoms with Crippen LogP contribution in [-0.4, -0.2) is 47.2 Å². The Morgan fingerprint density at radius 3 is 2.64 bits per heavy atom. The first kappa shape index (κ1) is 23.5. The number of anilines is 2. The van der Waals surface area contributed by atoms with Crippen molar-refractivity contribution in [2.75, 3.05) is 16.8 Å². The fourth-order valence-electron chi connectivity index (χ4n) is 4.16. The molecule has 1 atom stereocenters. The van der Waals surface area contributed by atoms with Crippen LogP contribution in [0.25, 0.3) is 11.2 Å². The van der Waals surface area contributed by atoms with Crippen molar-refractivity contribution < 1.29 is 14.0 Å². The molecule has 1 aromatic carbocycles. The van der Waals surface area contributed by atoms with Crippen molar-refractivity contribution in [1.29, 1.82) is 0 Å². The number of carbonyl (C=O) groups excluding carboxylic acids is 2. The number of aryl methyl sites for hydroxylation is 2. The Hall–Kier alpha value is -4.20. The van der Waals surface area contributed by atoms with Crippen LogP contribution in [0.1, 0.15) is 23.8 Å². The monoisotopic (exact) mass is 512 g/mol. The number of hydrogen-bond acceptors (Lipinski definition) is 8. The van der Waals surface area contributed by atoms with Crippen LogP contribution in [0.3, 0.4) is 0 Å². The summed E-state index contributed by atoms with van der Waals surface area (Å²) >= 11 is 1.19. The molecule has 4 heterocycles. The highest BCUT2D eigenvalue weighted by atomic mass is 32.1. The second kappa shape index (κ2) is 9.11. The molecule has 1 N–H and O–H groups in total. The van der Waals surface area contributed by atoms with Gasteiger partial charge in [0.2, 0.25) is 16.9 Å². The molecule has 12 nitrogen and oxygen atoms in total. The summed E-state index contributed by atoms with van der Waals surface area (Å²) in [6.07, 6.45) is 1.70. The quantitative estimate of drug-likeness (QED) is 0.406. The average molecular weight is 513 g/mol. The number of rotatable bonds is 6. The molecule has 5 rings (SSSR count). The molecule has 1 saturated heterocycles. The molecule has 0 bridgehead atoms. The summed E-state index contributed by atoms with van der Waals surface area (Å²) in [5, 5.41) is 11.8. The third-order valence-corrected chi connectivity index (χ3v) is 7.10. The van der Waals surface area contributed by atoms with E-state index in [-0.39, 0.29) is 54.1 Å². The highest BCUT2D eigenvalue weighted by Crippen LogP contribution is 2.34. The third kappa shape index (κ3) is 4.19. The molecule has 0 aliphatic carbocycles. The number of nitrogens with zero attached hydrogens (tertiary/aromatic N) is 7. The van der Waals surface area contributed by atoms with Crippen LogP contribution in [0.5, 0.6) is 0 Å². The van der Waals surface area contributed by atoms with Gasteiger partial charge in [-0.15, -0.1) is 10.2 Å². The van der Waals surface area contributed by atoms with Gasteiger partial charge < -0.3 is 14.8 Å². The number of fused-ring (bicyclic) bond motifs is 1. The minimum absolute atomic E-state index is 0.0344. The van der Waals surface area contributed by atoms with E-state index in [4.69, 9.17) is 0 Å². The van der Waals surface area contributed by atoms with Gasteiger partial charge in [-0.05, 0) is 24.3 Å². The predicted octanol–water partition coefficient (Wildman–Crippen LogP) is 0.974. The first-order chi connectivity index (χ1) is 17.2. The SMILES string of the molecule is Cn1c(=O)c2c(ncn2CCC(=O)Nc2nnc(C3CC(=O)N(c4ccc(F)cc4)C3)s2)n(C)c1=O. The first-order valence-electron chi connectivity index (χ1n) is 11.0. The van der Waals surface area contributed by atoms with Crippen LogP contribution < -0.4 is 21.5 Å². The molecule has 186 valence electrons. The summed E-state index contributed by atoms with van der Waals surface area (Å²) in [6, 6.07) is 5.72. The lowest BCUT2D eigenvalue weighted by Gasteiger charge is -2.16. The molecule has 0 saturated carbocycles. The van der Waals surface area contributed by atoms with E-state index in [0.29, 0.717) is 22.4 Å². The van der Waals surface area contributed by atoms with Gasteiger partial charge >= 0.3 is 5.69 Å². The molecule has 0 radical (unpaired) electrons. The van der Waals surface area contributed by atoms with Crippen molar-refractivity contribution in [3.05, 3.63) is 62.3 Å². The second-order valence-electron chi connectivity index (χ2n) is 8.44. The zero-order valence-corrected chi connectivity index (χ0v) is 20.2. The van der Waals surface area contributed by atoms with Crippen LogP contribution in [0.15, 0.2) is 40.2 Å². The molecule has 1 aliphatic heterocycles. The standard InChI is InChI=1S/C22H21FN8O4S/c1-28-18-17(20(34)29(2)22(28)35)30(11-24-18)8-7-15(32)25-21-27-26-19(36-21)12-9-16(33)31(10-12)14-5-3-13(23)4-6-14/h3-6,11-12H,7-10H2,1-2H3,(H,25,27,32). The van der Waals surface area contributed by atoms with E-state index in [2.05, 4.69) is 20.5 Å². The molecule has 4 aromatic rings. The molecule has 1 aliphatic rings. The van der Waals surface area contributed by atoms with E-state index < -0.39 is 11.2 Å². The van der Waals surface area contributed by atoms with Crippen LogP contribution in [0, 0.1) is 5.82 Å². The number of amides is 2. The van der Waals surface area contributed by atoms with E-state index >= 15 is 0 Å². The van der Waals surface area contributed by atoms with E-state index in [1.807, 2.05) is 0 Å². The Labute approximate surface area is 206 Å². The first-order valence-corrected chi connectivity index (χ1v) is 11.8. The lowest BCUT2D eigenvalue weighted by molar-refractivity contribution is -0.117. The number of imidazole rings is 1. The summed E-state index contributed by atoms with van der Waals surface area (Å²) in [7, 11) is 2.91. The van der Waals surface area contributed by atoms with Crippen LogP contribution in [-0.2, 0) is 30.2 Å². The Balaban J connectivity index is 1.23. The van der Waals surface area contributed by atoms with Crippen molar-refractivity contribution in [2.24, 2.45) is 14.1 Å². The molecule has 3 aromatic heterocycles. The van der Waals surface area contributed by atoms with Crippen molar-refractivity contribution in [2.45, 2.75) is 25.3 Å². The zero-order valence-electron chi connectivity index (χ0n) is 19.3. The van der Waals surface area contributed by atoms with E-state index in [1.165, 1.54) is 53.0 Å². The second-order valence-corrected chi connectivity index (χ2v) is 9.45. The van der Waals surface area contributed by atoms with Crippen LogP contribution >= 0.6 is 11.3 Å². The summed E-state index contributed by atoms with van der Waals surface area (Å²) in [6.45, 7) is 0.559. The van der Waals surface area contributed by atoms with Gasteiger partial charge in [0.25, 0.3) is 5.56 Å². The van der Waals surface area contributed by atoms with E-state index in [1.54, 1.807) is 17.0 Å². The number of hydrogen-bond donors (Lipinski definition) is 1. The fraction of sp³-hybridized carbons (Fsp3) is 0.318. The van der Waals surface area contributed by atoms with E-state index in [9.17, 15) is 23.6 Å². The van der Waals surface area contributed by atoms with Gasteiger partial charge in [0.1, 0.15) is 10.8 Å². The summed E-state index contributed by atoms with van der Waals surface area (Å²) < 4.78 is 17.0. The molecule has 2 amide bonds. The van der Waals surface area contributed by atoms with Gasteiger partial charge in [0, 0.05) is 51.6 Å². The topological polar surface area (TPSA) is 137 Å². The number of carbonyl (C=O) groups is 2. The predicted molar refractivity (Wildman–Crippen MR) is 129 cm³/mol. The van der Waals surface area contributed by atoms with Gasteiger partial charge in [-0.3, -0.25) is 23.5 Å². The third-order valence-electron chi connectivity index (χ3n) is 6.10. The molecule has 14 heteroatoms. The number of nitrogens with one attached hydrogen (secondary N) is 1. The Morgan fingerprint density at radius 1 is 1.14 bits per heavy atom. The Kier molecular flexibility index (Phi) is 5.96. The molecule has 1 fully saturated rings. The Bertz CT molecular complexity index is 1600. The van der Waals surface area contributed by atoms with Gasteiger partial charge in [-0.25, -0.2) is 14.2 Å². The minimum Gasteiger partial charge on any atom is -0.324 e. The number of aromatic nitrogens is 6. The normalized spacial score (nSPS) is 15.7. The van der Waals surface area contributed by atoms with Crippen LogP contribution in [0.2, 0.25) is 0 Å². The summed E-state index contributed by atoms with van der Waals surface area (Å²) in [5.41, 5.74) is 0.136. The van der Waals surface area contributed by atoms with Crippen molar-refractivity contribution in [3.63, 3.8) is 0 Å². The fourth-order valence-corrected chi connectivity index (χ4v) is 5.01. The molecular formula is C22H21FN8O4S. The van der Waals surface area contributed by atoms with E-state index in [0.717, 1.165) is 4.57 Å². The number of halogens is 1. The van der Waals surface area contributed by atoms with Crippen molar-refractivity contribution in [1.82, 2.24) is 28.9 Å². The summed E-state index contributed by atoms with van der Waals surface area (Å²) in [5.74, 6) is -0.994. The smallest absolute Gasteiger partial charge is 0.324 e. The number of benzene rings is 1. The molecule has 0 spiro atoms. The highest BCUT2D eigenvalue weighted by Gasteiger charge is 2.34. The van der Waals surface area contributed by atoms with Crippen LogP contribution in [0.4, 0.5) is 15.2 Å².